The first-order valence-corrected chi connectivity index (χ1v) is 3.57. The van der Waals surface area contributed by atoms with Crippen molar-refractivity contribution < 1.29 is 19.7 Å². The molecule has 1 aliphatic rings. The number of nitriles is 1. The van der Waals surface area contributed by atoms with Gasteiger partial charge in [-0.1, -0.05) is 0 Å². The molecule has 0 aromatic heterocycles. The number of aliphatic hydroxyl groups is 2. The highest BCUT2D eigenvalue weighted by atomic mass is 16.6. The van der Waals surface area contributed by atoms with Gasteiger partial charge in [-0.15, -0.1) is 0 Å². The van der Waals surface area contributed by atoms with Crippen molar-refractivity contribution >= 4 is 0 Å². The Morgan fingerprint density at radius 3 is 2.75 bits per heavy atom. The molecule has 1 aliphatic heterocycles. The minimum Gasteiger partial charge on any atom is -0.394 e. The van der Waals surface area contributed by atoms with E-state index in [0.717, 1.165) is 0 Å². The molecule has 5 nitrogen and oxygen atoms in total. The topological polar surface area (TPSA) is 82.7 Å². The van der Waals surface area contributed by atoms with E-state index < -0.39 is 17.8 Å². The third-order valence-corrected chi connectivity index (χ3v) is 2.08. The second-order valence-electron chi connectivity index (χ2n) is 2.68. The highest BCUT2D eigenvalue weighted by molar-refractivity contribution is 5.12. The van der Waals surface area contributed by atoms with E-state index in [0.29, 0.717) is 0 Å². The number of rotatable bonds is 2. The molecule has 0 aromatic carbocycles. The maximum absolute atomic E-state index is 9.47. The summed E-state index contributed by atoms with van der Waals surface area (Å²) < 4.78 is 9.81. The Bertz CT molecular complexity index is 202. The Morgan fingerprint density at radius 1 is 1.83 bits per heavy atom. The van der Waals surface area contributed by atoms with Crippen LogP contribution in [0.2, 0.25) is 0 Å². The molecular formula is C7H11NO4. The summed E-state index contributed by atoms with van der Waals surface area (Å²) in [6, 6.07) is 1.83. The van der Waals surface area contributed by atoms with Crippen molar-refractivity contribution in [3.05, 3.63) is 0 Å². The maximum Gasteiger partial charge on any atom is 0.205 e. The molecule has 1 rings (SSSR count). The molecule has 0 amide bonds. The number of methoxy groups -OCH3 is 1. The lowest BCUT2D eigenvalue weighted by Gasteiger charge is -2.22. The lowest BCUT2D eigenvalue weighted by Crippen LogP contribution is -2.45. The van der Waals surface area contributed by atoms with E-state index in [1.807, 2.05) is 6.07 Å². The van der Waals surface area contributed by atoms with Crippen molar-refractivity contribution in [2.45, 2.75) is 17.8 Å². The van der Waals surface area contributed by atoms with Gasteiger partial charge in [0.2, 0.25) is 5.60 Å². The highest BCUT2D eigenvalue weighted by Gasteiger charge is 2.50. The standard InChI is InChI=1S/C7H11NO4/c1-11-7(3-8)4-12-5(2-9)6(7)10/h5-6,9-10H,2,4H2,1H3/t5-,6+,7-/m1/s1. The lowest BCUT2D eigenvalue weighted by molar-refractivity contribution is -0.0464. The molecule has 68 valence electrons. The molecule has 5 heteroatoms. The van der Waals surface area contributed by atoms with Gasteiger partial charge in [0.1, 0.15) is 18.3 Å². The fraction of sp³-hybridized carbons (Fsp3) is 0.857. The van der Waals surface area contributed by atoms with Crippen LogP contribution < -0.4 is 0 Å². The molecule has 2 N–H and O–H groups in total. The molecule has 3 atom stereocenters. The highest BCUT2D eigenvalue weighted by Crippen LogP contribution is 2.26. The van der Waals surface area contributed by atoms with Gasteiger partial charge in [-0.2, -0.15) is 5.26 Å². The van der Waals surface area contributed by atoms with Gasteiger partial charge in [-0.25, -0.2) is 0 Å². The molecule has 0 radical (unpaired) electrons. The minimum atomic E-state index is -1.31. The van der Waals surface area contributed by atoms with Crippen LogP contribution in [0, 0.1) is 11.3 Å². The summed E-state index contributed by atoms with van der Waals surface area (Å²) >= 11 is 0. The fourth-order valence-corrected chi connectivity index (χ4v) is 1.18. The smallest absolute Gasteiger partial charge is 0.205 e. The van der Waals surface area contributed by atoms with Gasteiger partial charge < -0.3 is 19.7 Å². The summed E-state index contributed by atoms with van der Waals surface area (Å²) in [5, 5.41) is 26.9. The second kappa shape index (κ2) is 3.37. The quantitative estimate of drug-likeness (QED) is 0.539. The Kier molecular flexibility index (Phi) is 2.65. The first-order valence-electron chi connectivity index (χ1n) is 3.57. The van der Waals surface area contributed by atoms with E-state index in [1.165, 1.54) is 7.11 Å². The molecule has 0 aliphatic carbocycles. The van der Waals surface area contributed by atoms with E-state index in [-0.39, 0.29) is 13.2 Å². The average molecular weight is 173 g/mol. The van der Waals surface area contributed by atoms with Crippen LogP contribution in [-0.4, -0.2) is 48.3 Å². The molecule has 12 heavy (non-hydrogen) atoms. The van der Waals surface area contributed by atoms with Crippen LogP contribution in [0.15, 0.2) is 0 Å². The van der Waals surface area contributed by atoms with E-state index in [1.54, 1.807) is 0 Å². The number of hydrogen-bond acceptors (Lipinski definition) is 5. The first-order chi connectivity index (χ1) is 5.70. The summed E-state index contributed by atoms with van der Waals surface area (Å²) in [4.78, 5) is 0. The van der Waals surface area contributed by atoms with Crippen molar-refractivity contribution in [1.29, 1.82) is 5.26 Å². The molecule has 0 bridgehead atoms. The second-order valence-corrected chi connectivity index (χ2v) is 2.68. The van der Waals surface area contributed by atoms with Crippen molar-refractivity contribution in [2.24, 2.45) is 0 Å². The Hall–Kier alpha value is -0.670. The Morgan fingerprint density at radius 2 is 2.50 bits per heavy atom. The van der Waals surface area contributed by atoms with Gasteiger partial charge in [0.05, 0.1) is 13.2 Å². The minimum absolute atomic E-state index is 0.00755. The number of nitrogens with zero attached hydrogens (tertiary/aromatic N) is 1. The third kappa shape index (κ3) is 1.19. The SMILES string of the molecule is CO[C@]1(C#N)CO[C@H](CO)[C@@H]1O. The van der Waals surface area contributed by atoms with Gasteiger partial charge in [-0.05, 0) is 0 Å². The molecule has 1 saturated heterocycles. The Labute approximate surface area is 70.1 Å². The summed E-state index contributed by atoms with van der Waals surface area (Å²) in [7, 11) is 1.33. The van der Waals surface area contributed by atoms with Crippen molar-refractivity contribution in [3.8, 4) is 6.07 Å². The van der Waals surface area contributed by atoms with Crippen molar-refractivity contribution in [1.82, 2.24) is 0 Å². The van der Waals surface area contributed by atoms with Crippen LogP contribution in [0.4, 0.5) is 0 Å². The normalized spacial score (nSPS) is 41.2. The maximum atomic E-state index is 9.47. The van der Waals surface area contributed by atoms with E-state index in [4.69, 9.17) is 19.8 Å². The van der Waals surface area contributed by atoms with Crippen LogP contribution in [0.1, 0.15) is 0 Å². The molecular weight excluding hydrogens is 162 g/mol. The summed E-state index contributed by atoms with van der Waals surface area (Å²) in [5.41, 5.74) is -1.31. The largest absolute Gasteiger partial charge is 0.394 e. The van der Waals surface area contributed by atoms with Gasteiger partial charge >= 0.3 is 0 Å². The summed E-state index contributed by atoms with van der Waals surface area (Å²) in [5.74, 6) is 0. The van der Waals surface area contributed by atoms with Crippen LogP contribution in [0.25, 0.3) is 0 Å². The predicted molar refractivity (Wildman–Crippen MR) is 38.2 cm³/mol. The van der Waals surface area contributed by atoms with Crippen molar-refractivity contribution in [2.75, 3.05) is 20.3 Å². The number of aliphatic hydroxyl groups excluding tert-OH is 2. The Balaban J connectivity index is 2.77. The van der Waals surface area contributed by atoms with Crippen LogP contribution in [-0.2, 0) is 9.47 Å². The average Bonchev–Trinajstić information content (AvgIpc) is 2.43. The van der Waals surface area contributed by atoms with E-state index in [9.17, 15) is 5.11 Å². The van der Waals surface area contributed by atoms with Gasteiger partial charge in [0.15, 0.2) is 0 Å². The zero-order valence-corrected chi connectivity index (χ0v) is 6.73. The van der Waals surface area contributed by atoms with E-state index >= 15 is 0 Å². The fourth-order valence-electron chi connectivity index (χ4n) is 1.18. The molecule has 0 aromatic rings. The molecule has 1 fully saturated rings. The van der Waals surface area contributed by atoms with E-state index in [2.05, 4.69) is 0 Å². The van der Waals surface area contributed by atoms with Crippen molar-refractivity contribution in [3.63, 3.8) is 0 Å². The third-order valence-electron chi connectivity index (χ3n) is 2.08. The van der Waals surface area contributed by atoms with Crippen LogP contribution >= 0.6 is 0 Å². The number of ether oxygens (including phenoxy) is 2. The van der Waals surface area contributed by atoms with Gasteiger partial charge in [0.25, 0.3) is 0 Å². The zero-order chi connectivity index (χ0) is 9.19. The molecule has 0 spiro atoms. The van der Waals surface area contributed by atoms with Crippen LogP contribution in [0.5, 0.6) is 0 Å². The zero-order valence-electron chi connectivity index (χ0n) is 6.73. The monoisotopic (exact) mass is 173 g/mol. The van der Waals surface area contributed by atoms with Gasteiger partial charge in [-0.3, -0.25) is 0 Å². The molecule has 0 unspecified atom stereocenters. The first kappa shape index (κ1) is 9.42. The predicted octanol–water partition coefficient (Wildman–Crippen LogP) is -1.35. The summed E-state index contributed by atoms with van der Waals surface area (Å²) in [6.07, 6.45) is -1.80. The summed E-state index contributed by atoms with van der Waals surface area (Å²) in [6.45, 7) is -0.319. The number of hydrogen-bond donors (Lipinski definition) is 2. The molecule has 0 saturated carbocycles. The van der Waals surface area contributed by atoms with Crippen LogP contribution in [0.3, 0.4) is 0 Å². The van der Waals surface area contributed by atoms with Gasteiger partial charge in [0, 0.05) is 7.11 Å². The lowest BCUT2D eigenvalue weighted by atomic mass is 9.98. The molecule has 1 heterocycles.